The maximum Gasteiger partial charge on any atom is 0.422 e. The molecule has 0 aliphatic carbocycles. The number of aromatic amines is 1. The van der Waals surface area contributed by atoms with Gasteiger partial charge < -0.3 is 10.5 Å². The minimum Gasteiger partial charge on any atom is -0.483 e. The van der Waals surface area contributed by atoms with Gasteiger partial charge in [-0.1, -0.05) is 6.07 Å². The Labute approximate surface area is 129 Å². The number of alkyl halides is 6. The lowest BCUT2D eigenvalue weighted by Gasteiger charge is -2.16. The van der Waals surface area contributed by atoms with Crippen molar-refractivity contribution in [1.82, 2.24) is 15.4 Å². The molecular weight excluding hydrogens is 346 g/mol. The summed E-state index contributed by atoms with van der Waals surface area (Å²) >= 11 is 0. The van der Waals surface area contributed by atoms with Crippen LogP contribution in [0.25, 0.3) is 11.3 Å². The van der Waals surface area contributed by atoms with Gasteiger partial charge in [0.1, 0.15) is 11.4 Å². The van der Waals surface area contributed by atoms with Crippen LogP contribution in [0.1, 0.15) is 16.1 Å². The van der Waals surface area contributed by atoms with Crippen LogP contribution in [-0.2, 0) is 6.18 Å². The molecular formula is C12H8F6N4O2. The summed E-state index contributed by atoms with van der Waals surface area (Å²) in [6.07, 6.45) is -9.76. The number of nitrogens with zero attached hydrogens (tertiary/aromatic N) is 2. The Morgan fingerprint density at radius 2 is 1.83 bits per heavy atom. The Morgan fingerprint density at radius 3 is 2.38 bits per heavy atom. The van der Waals surface area contributed by atoms with Gasteiger partial charge in [-0.2, -0.15) is 41.8 Å². The van der Waals surface area contributed by atoms with Crippen molar-refractivity contribution in [2.24, 2.45) is 5.73 Å². The number of benzene rings is 1. The van der Waals surface area contributed by atoms with E-state index in [2.05, 4.69) is 20.1 Å². The fourth-order valence-corrected chi connectivity index (χ4v) is 1.79. The van der Waals surface area contributed by atoms with Gasteiger partial charge in [-0.15, -0.1) is 0 Å². The summed E-state index contributed by atoms with van der Waals surface area (Å²) < 4.78 is 79.5. The summed E-state index contributed by atoms with van der Waals surface area (Å²) in [7, 11) is 0. The topological polar surface area (TPSA) is 93.9 Å². The van der Waals surface area contributed by atoms with Gasteiger partial charge >= 0.3 is 12.4 Å². The molecule has 0 aliphatic rings. The zero-order valence-electron chi connectivity index (χ0n) is 11.5. The first-order valence-corrected chi connectivity index (χ1v) is 6.11. The molecule has 130 valence electrons. The van der Waals surface area contributed by atoms with Gasteiger partial charge in [-0.05, 0) is 12.1 Å². The summed E-state index contributed by atoms with van der Waals surface area (Å²) in [6, 6.07) is 2.10. The first kappa shape index (κ1) is 17.6. The van der Waals surface area contributed by atoms with Crippen molar-refractivity contribution in [3.8, 4) is 17.0 Å². The van der Waals surface area contributed by atoms with Crippen molar-refractivity contribution in [1.29, 1.82) is 0 Å². The number of H-pyrrole nitrogens is 1. The van der Waals surface area contributed by atoms with Crippen LogP contribution in [0.5, 0.6) is 5.75 Å². The van der Waals surface area contributed by atoms with E-state index in [-0.39, 0.29) is 17.0 Å². The largest absolute Gasteiger partial charge is 0.483 e. The summed E-state index contributed by atoms with van der Waals surface area (Å²) in [4.78, 5) is 11.2. The molecule has 1 heterocycles. The number of amides is 1. The minimum absolute atomic E-state index is 0.122. The van der Waals surface area contributed by atoms with E-state index in [1.807, 2.05) is 0 Å². The second kappa shape index (κ2) is 6.02. The normalized spacial score (nSPS) is 12.2. The Hall–Kier alpha value is -2.79. The second-order valence-corrected chi connectivity index (χ2v) is 4.50. The van der Waals surface area contributed by atoms with Crippen LogP contribution < -0.4 is 10.5 Å². The van der Waals surface area contributed by atoms with E-state index in [1.165, 1.54) is 0 Å². The molecule has 3 N–H and O–H groups in total. The molecule has 0 saturated carbocycles. The summed E-state index contributed by atoms with van der Waals surface area (Å²) in [5.41, 5.74) is 2.91. The number of aromatic nitrogens is 3. The highest BCUT2D eigenvalue weighted by molar-refractivity contribution is 5.96. The van der Waals surface area contributed by atoms with Crippen LogP contribution >= 0.6 is 0 Å². The van der Waals surface area contributed by atoms with Gasteiger partial charge in [-0.3, -0.25) is 4.79 Å². The lowest BCUT2D eigenvalue weighted by atomic mass is 10.1. The second-order valence-electron chi connectivity index (χ2n) is 4.50. The first-order valence-electron chi connectivity index (χ1n) is 6.11. The molecule has 0 aliphatic heterocycles. The summed E-state index contributed by atoms with van der Waals surface area (Å²) in [5.74, 6) is -2.08. The number of halogens is 6. The highest BCUT2D eigenvalue weighted by Crippen LogP contribution is 2.39. The number of hydrogen-bond acceptors (Lipinski definition) is 4. The molecule has 12 heteroatoms. The van der Waals surface area contributed by atoms with Crippen LogP contribution in [0.2, 0.25) is 0 Å². The average Bonchev–Trinajstić information content (AvgIpc) is 2.92. The predicted octanol–water partition coefficient (Wildman–Crippen LogP) is 2.53. The number of nitrogens with one attached hydrogen (secondary N) is 1. The van der Waals surface area contributed by atoms with Crippen LogP contribution in [0.15, 0.2) is 18.2 Å². The smallest absolute Gasteiger partial charge is 0.422 e. The zero-order valence-corrected chi connectivity index (χ0v) is 11.5. The van der Waals surface area contributed by atoms with Crippen LogP contribution in [0, 0.1) is 0 Å². The standard InChI is InChI=1S/C12H8F6N4O2/c13-11(14,15)4-24-7-3-5(1-2-6(7)12(16,17)18)8-9(10(19)23)21-22-20-8/h1-3H,4H2,(H2,19,23)(H,20,21,22). The van der Waals surface area contributed by atoms with Gasteiger partial charge in [0, 0.05) is 5.56 Å². The van der Waals surface area contributed by atoms with E-state index in [9.17, 15) is 31.1 Å². The molecule has 0 saturated heterocycles. The van der Waals surface area contributed by atoms with Crippen LogP contribution in [-0.4, -0.2) is 34.1 Å². The number of primary amides is 1. The number of carbonyl (C=O) groups excluding carboxylic acids is 1. The molecule has 0 radical (unpaired) electrons. The van der Waals surface area contributed by atoms with Gasteiger partial charge in [0.25, 0.3) is 5.91 Å². The van der Waals surface area contributed by atoms with Crippen molar-refractivity contribution in [3.05, 3.63) is 29.5 Å². The highest BCUT2D eigenvalue weighted by Gasteiger charge is 2.36. The van der Waals surface area contributed by atoms with Gasteiger partial charge in [-0.25, -0.2) is 0 Å². The molecule has 2 rings (SSSR count). The van der Waals surface area contributed by atoms with E-state index in [4.69, 9.17) is 5.73 Å². The monoisotopic (exact) mass is 354 g/mol. The average molecular weight is 354 g/mol. The fourth-order valence-electron chi connectivity index (χ4n) is 1.79. The number of ether oxygens (including phenoxy) is 1. The Balaban J connectivity index is 2.49. The van der Waals surface area contributed by atoms with E-state index < -0.39 is 36.2 Å². The van der Waals surface area contributed by atoms with E-state index >= 15 is 0 Å². The third-order valence-electron chi connectivity index (χ3n) is 2.73. The molecule has 0 spiro atoms. The minimum atomic E-state index is -4.93. The third kappa shape index (κ3) is 3.94. The number of hydrogen-bond donors (Lipinski definition) is 2. The Morgan fingerprint density at radius 1 is 1.17 bits per heavy atom. The van der Waals surface area contributed by atoms with Gasteiger partial charge in [0.15, 0.2) is 12.3 Å². The molecule has 1 aromatic heterocycles. The molecule has 1 amide bonds. The molecule has 0 unspecified atom stereocenters. The first-order chi connectivity index (χ1) is 11.0. The van der Waals surface area contributed by atoms with Gasteiger partial charge in [0.05, 0.1) is 5.56 Å². The fraction of sp³-hybridized carbons (Fsp3) is 0.250. The van der Waals surface area contributed by atoms with Crippen molar-refractivity contribution < 1.29 is 35.9 Å². The molecule has 24 heavy (non-hydrogen) atoms. The van der Waals surface area contributed by atoms with E-state index in [0.717, 1.165) is 6.07 Å². The Kier molecular flexibility index (Phi) is 4.40. The zero-order chi connectivity index (χ0) is 18.1. The van der Waals surface area contributed by atoms with Crippen molar-refractivity contribution in [2.75, 3.05) is 6.61 Å². The molecule has 1 aromatic carbocycles. The summed E-state index contributed by atoms with van der Waals surface area (Å²) in [5, 5.41) is 9.03. The van der Waals surface area contributed by atoms with E-state index in [0.29, 0.717) is 12.1 Å². The molecule has 6 nitrogen and oxygen atoms in total. The van der Waals surface area contributed by atoms with Gasteiger partial charge in [0.2, 0.25) is 0 Å². The van der Waals surface area contributed by atoms with Crippen LogP contribution in [0.4, 0.5) is 26.3 Å². The summed E-state index contributed by atoms with van der Waals surface area (Å²) in [6.45, 7) is -1.92. The van der Waals surface area contributed by atoms with Crippen molar-refractivity contribution >= 4 is 5.91 Å². The number of nitrogens with two attached hydrogens (primary N) is 1. The lowest BCUT2D eigenvalue weighted by molar-refractivity contribution is -0.158. The SMILES string of the molecule is NC(=O)c1n[nH]nc1-c1ccc(C(F)(F)F)c(OCC(F)(F)F)c1. The predicted molar refractivity (Wildman–Crippen MR) is 66.9 cm³/mol. The highest BCUT2D eigenvalue weighted by atomic mass is 19.4. The maximum atomic E-state index is 12.9. The number of carbonyl (C=O) groups is 1. The number of rotatable bonds is 4. The molecule has 0 bridgehead atoms. The molecule has 2 aromatic rings. The van der Waals surface area contributed by atoms with E-state index in [1.54, 1.807) is 0 Å². The van der Waals surface area contributed by atoms with Crippen LogP contribution in [0.3, 0.4) is 0 Å². The van der Waals surface area contributed by atoms with Crippen molar-refractivity contribution in [2.45, 2.75) is 12.4 Å². The van der Waals surface area contributed by atoms with Crippen molar-refractivity contribution in [3.63, 3.8) is 0 Å². The third-order valence-corrected chi connectivity index (χ3v) is 2.73. The lowest BCUT2D eigenvalue weighted by Crippen LogP contribution is -2.21. The maximum absolute atomic E-state index is 12.9. The molecule has 0 atom stereocenters. The Bertz CT molecular complexity index is 753. The quantitative estimate of drug-likeness (QED) is 0.825. The molecule has 0 fully saturated rings.